The van der Waals surface area contributed by atoms with Gasteiger partial charge in [-0.1, -0.05) is 17.7 Å². The van der Waals surface area contributed by atoms with Gasteiger partial charge in [-0.05, 0) is 25.5 Å². The number of anilines is 1. The van der Waals surface area contributed by atoms with Gasteiger partial charge in [-0.2, -0.15) is 5.10 Å². The lowest BCUT2D eigenvalue weighted by Gasteiger charge is -2.08. The van der Waals surface area contributed by atoms with E-state index >= 15 is 0 Å². The van der Waals surface area contributed by atoms with E-state index in [2.05, 4.69) is 9.82 Å². The first-order valence-corrected chi connectivity index (χ1v) is 6.96. The minimum Gasteiger partial charge on any atom is -0.274 e. The maximum Gasteiger partial charge on any atom is 0.263 e. The average molecular weight is 265 g/mol. The Kier molecular flexibility index (Phi) is 3.13. The Morgan fingerprint density at radius 3 is 2.50 bits per heavy atom. The molecule has 5 nitrogen and oxygen atoms in total. The minimum atomic E-state index is -3.57. The zero-order chi connectivity index (χ0) is 13.3. The number of hydrogen-bond acceptors (Lipinski definition) is 3. The number of hydrogen-bond donors (Lipinski definition) is 1. The monoisotopic (exact) mass is 265 g/mol. The summed E-state index contributed by atoms with van der Waals surface area (Å²) in [5.41, 5.74) is 1.75. The lowest BCUT2D eigenvalue weighted by molar-refractivity contribution is 0.600. The number of aryl methyl sites for hydroxylation is 3. The summed E-state index contributed by atoms with van der Waals surface area (Å²) in [4.78, 5) is 0.277. The Morgan fingerprint density at radius 1 is 1.22 bits per heavy atom. The molecule has 0 bridgehead atoms. The Hall–Kier alpha value is -1.82. The van der Waals surface area contributed by atoms with E-state index in [1.807, 2.05) is 13.0 Å². The predicted molar refractivity (Wildman–Crippen MR) is 69.9 cm³/mol. The third-order valence-corrected chi connectivity index (χ3v) is 4.09. The van der Waals surface area contributed by atoms with Crippen LogP contribution in [0.5, 0.6) is 0 Å². The standard InChI is InChI=1S/C12H15N3O2S/c1-9-4-5-11(10(2)8-9)18(16,17)14-12-6-7-15(3)13-12/h4-8H,1-3H3,(H,13,14). The Morgan fingerprint density at radius 2 is 1.94 bits per heavy atom. The largest absolute Gasteiger partial charge is 0.274 e. The molecule has 96 valence electrons. The summed E-state index contributed by atoms with van der Waals surface area (Å²) < 4.78 is 28.4. The Balaban J connectivity index is 2.36. The third-order valence-electron chi connectivity index (χ3n) is 2.57. The minimum absolute atomic E-state index is 0.277. The first-order chi connectivity index (χ1) is 8.38. The maximum atomic E-state index is 12.2. The quantitative estimate of drug-likeness (QED) is 0.921. The van der Waals surface area contributed by atoms with Crippen molar-refractivity contribution in [2.45, 2.75) is 18.7 Å². The molecule has 0 atom stereocenters. The van der Waals surface area contributed by atoms with Gasteiger partial charge in [-0.3, -0.25) is 9.40 Å². The van der Waals surface area contributed by atoms with Crippen LogP contribution in [0.3, 0.4) is 0 Å². The van der Waals surface area contributed by atoms with Crippen molar-refractivity contribution < 1.29 is 8.42 Å². The number of nitrogens with one attached hydrogen (secondary N) is 1. The molecule has 1 aromatic carbocycles. The second kappa shape index (κ2) is 4.45. The number of rotatable bonds is 3. The summed E-state index contributed by atoms with van der Waals surface area (Å²) in [5.74, 6) is 0.317. The van der Waals surface area contributed by atoms with Crippen LogP contribution >= 0.6 is 0 Å². The zero-order valence-electron chi connectivity index (χ0n) is 10.5. The van der Waals surface area contributed by atoms with Gasteiger partial charge in [0.25, 0.3) is 10.0 Å². The second-order valence-corrected chi connectivity index (χ2v) is 5.90. The number of aromatic nitrogens is 2. The molecule has 0 aliphatic rings. The van der Waals surface area contributed by atoms with E-state index in [9.17, 15) is 8.42 Å². The molecule has 1 N–H and O–H groups in total. The van der Waals surface area contributed by atoms with Gasteiger partial charge in [-0.25, -0.2) is 8.42 Å². The van der Waals surface area contributed by atoms with E-state index in [1.54, 1.807) is 43.0 Å². The van der Waals surface area contributed by atoms with Crippen molar-refractivity contribution in [2.24, 2.45) is 7.05 Å². The van der Waals surface area contributed by atoms with Crippen LogP contribution in [-0.4, -0.2) is 18.2 Å². The van der Waals surface area contributed by atoms with Crippen molar-refractivity contribution in [1.29, 1.82) is 0 Å². The highest BCUT2D eigenvalue weighted by Gasteiger charge is 2.17. The molecule has 0 radical (unpaired) electrons. The highest BCUT2D eigenvalue weighted by molar-refractivity contribution is 7.92. The van der Waals surface area contributed by atoms with Gasteiger partial charge in [0.05, 0.1) is 4.90 Å². The fourth-order valence-electron chi connectivity index (χ4n) is 1.76. The van der Waals surface area contributed by atoms with E-state index in [0.29, 0.717) is 5.82 Å². The molecule has 0 saturated carbocycles. The van der Waals surface area contributed by atoms with Crippen LogP contribution in [0.25, 0.3) is 0 Å². The Labute approximate surface area is 107 Å². The van der Waals surface area contributed by atoms with Gasteiger partial charge in [-0.15, -0.1) is 0 Å². The molecular formula is C12H15N3O2S. The van der Waals surface area contributed by atoms with Gasteiger partial charge < -0.3 is 0 Å². The van der Waals surface area contributed by atoms with E-state index in [-0.39, 0.29) is 4.90 Å². The van der Waals surface area contributed by atoms with Crippen LogP contribution < -0.4 is 4.72 Å². The zero-order valence-corrected chi connectivity index (χ0v) is 11.3. The van der Waals surface area contributed by atoms with Crippen molar-refractivity contribution in [3.05, 3.63) is 41.6 Å². The Bertz CT molecular complexity index is 674. The van der Waals surface area contributed by atoms with Crippen molar-refractivity contribution in [3.8, 4) is 0 Å². The molecule has 0 aliphatic heterocycles. The normalized spacial score (nSPS) is 11.5. The van der Waals surface area contributed by atoms with E-state index < -0.39 is 10.0 Å². The van der Waals surface area contributed by atoms with Crippen LogP contribution in [0.15, 0.2) is 35.4 Å². The fourth-order valence-corrected chi connectivity index (χ4v) is 2.99. The fraction of sp³-hybridized carbons (Fsp3) is 0.250. The molecule has 2 aromatic rings. The molecule has 0 saturated heterocycles. The van der Waals surface area contributed by atoms with Gasteiger partial charge in [0.2, 0.25) is 0 Å². The summed E-state index contributed by atoms with van der Waals surface area (Å²) in [7, 11) is -1.84. The molecule has 18 heavy (non-hydrogen) atoms. The molecule has 0 amide bonds. The van der Waals surface area contributed by atoms with Crippen molar-refractivity contribution in [1.82, 2.24) is 9.78 Å². The third kappa shape index (κ3) is 2.53. The van der Waals surface area contributed by atoms with Crippen LogP contribution in [-0.2, 0) is 17.1 Å². The van der Waals surface area contributed by atoms with Gasteiger partial charge in [0, 0.05) is 19.3 Å². The smallest absolute Gasteiger partial charge is 0.263 e. The molecule has 0 spiro atoms. The van der Waals surface area contributed by atoms with Crippen LogP contribution in [0.2, 0.25) is 0 Å². The molecule has 1 aromatic heterocycles. The molecule has 6 heteroatoms. The second-order valence-electron chi connectivity index (χ2n) is 4.25. The maximum absolute atomic E-state index is 12.2. The molecule has 1 heterocycles. The predicted octanol–water partition coefficient (Wildman–Crippen LogP) is 1.84. The molecule has 2 rings (SSSR count). The van der Waals surface area contributed by atoms with Crippen molar-refractivity contribution in [3.63, 3.8) is 0 Å². The number of nitrogens with zero attached hydrogens (tertiary/aromatic N) is 2. The number of benzene rings is 1. The van der Waals surface area contributed by atoms with Crippen LogP contribution in [0, 0.1) is 13.8 Å². The van der Waals surface area contributed by atoms with Crippen LogP contribution in [0.4, 0.5) is 5.82 Å². The van der Waals surface area contributed by atoms with E-state index in [4.69, 9.17) is 0 Å². The van der Waals surface area contributed by atoms with Crippen molar-refractivity contribution in [2.75, 3.05) is 4.72 Å². The van der Waals surface area contributed by atoms with Gasteiger partial charge in [0.1, 0.15) is 0 Å². The molecule has 0 unspecified atom stereocenters. The highest BCUT2D eigenvalue weighted by atomic mass is 32.2. The molecule has 0 aliphatic carbocycles. The first-order valence-electron chi connectivity index (χ1n) is 5.48. The van der Waals surface area contributed by atoms with Crippen LogP contribution in [0.1, 0.15) is 11.1 Å². The van der Waals surface area contributed by atoms with Crippen molar-refractivity contribution >= 4 is 15.8 Å². The lowest BCUT2D eigenvalue weighted by Crippen LogP contribution is -2.14. The summed E-state index contributed by atoms with van der Waals surface area (Å²) in [5, 5.41) is 3.99. The lowest BCUT2D eigenvalue weighted by atomic mass is 10.2. The summed E-state index contributed by atoms with van der Waals surface area (Å²) >= 11 is 0. The van der Waals surface area contributed by atoms with E-state index in [1.165, 1.54) is 0 Å². The molecular weight excluding hydrogens is 250 g/mol. The summed E-state index contributed by atoms with van der Waals surface area (Å²) in [6.45, 7) is 3.70. The topological polar surface area (TPSA) is 64.0 Å². The van der Waals surface area contributed by atoms with E-state index in [0.717, 1.165) is 11.1 Å². The molecule has 0 fully saturated rings. The average Bonchev–Trinajstić information content (AvgIpc) is 2.62. The van der Waals surface area contributed by atoms with Gasteiger partial charge >= 0.3 is 0 Å². The van der Waals surface area contributed by atoms with Gasteiger partial charge in [0.15, 0.2) is 5.82 Å². The summed E-state index contributed by atoms with van der Waals surface area (Å²) in [6.07, 6.45) is 1.68. The number of sulfonamides is 1. The SMILES string of the molecule is Cc1ccc(S(=O)(=O)Nc2ccn(C)n2)c(C)c1. The highest BCUT2D eigenvalue weighted by Crippen LogP contribution is 2.19. The first kappa shape index (κ1) is 12.6. The summed E-state index contributed by atoms with van der Waals surface area (Å²) in [6, 6.07) is 6.84.